The fraction of sp³-hybridized carbons (Fsp3) is 0.500. The van der Waals surface area contributed by atoms with Crippen LogP contribution in [0.3, 0.4) is 0 Å². The number of hydrogen-bond donors (Lipinski definition) is 1. The second-order valence-corrected chi connectivity index (χ2v) is 4.82. The lowest BCUT2D eigenvalue weighted by molar-refractivity contribution is -0.140. The van der Waals surface area contributed by atoms with Gasteiger partial charge in [0.15, 0.2) is 5.78 Å². The lowest BCUT2D eigenvalue weighted by atomic mass is 9.92. The molecular weight excluding hydrogens is 240 g/mol. The van der Waals surface area contributed by atoms with Crippen LogP contribution < -0.4 is 0 Å². The van der Waals surface area contributed by atoms with Crippen molar-refractivity contribution in [1.29, 1.82) is 0 Å². The molecule has 1 aromatic rings. The fourth-order valence-corrected chi connectivity index (χ4v) is 2.12. The predicted octanol–water partition coefficient (Wildman–Crippen LogP) is 3.93. The van der Waals surface area contributed by atoms with Crippen molar-refractivity contribution >= 4 is 11.8 Å². The van der Waals surface area contributed by atoms with E-state index in [-0.39, 0.29) is 5.78 Å². The van der Waals surface area contributed by atoms with Crippen molar-refractivity contribution in [3.63, 3.8) is 0 Å². The van der Waals surface area contributed by atoms with Gasteiger partial charge in [-0.2, -0.15) is 0 Å². The number of carboxylic acid groups (broad SMARTS) is 1. The van der Waals surface area contributed by atoms with E-state index in [1.807, 2.05) is 6.07 Å². The SMILES string of the molecule is CCCCCCCC(C(=O)O)C(=O)c1ccccc1. The van der Waals surface area contributed by atoms with Crippen molar-refractivity contribution in [1.82, 2.24) is 0 Å². The Morgan fingerprint density at radius 3 is 2.26 bits per heavy atom. The molecule has 1 rings (SSSR count). The van der Waals surface area contributed by atoms with Crippen molar-refractivity contribution in [2.24, 2.45) is 5.92 Å². The summed E-state index contributed by atoms with van der Waals surface area (Å²) in [6, 6.07) is 8.68. The smallest absolute Gasteiger partial charge is 0.314 e. The van der Waals surface area contributed by atoms with Gasteiger partial charge in [-0.25, -0.2) is 0 Å². The highest BCUT2D eigenvalue weighted by molar-refractivity contribution is 6.08. The van der Waals surface area contributed by atoms with Crippen LogP contribution in [0.25, 0.3) is 0 Å². The van der Waals surface area contributed by atoms with Gasteiger partial charge in [0.05, 0.1) is 0 Å². The predicted molar refractivity (Wildman–Crippen MR) is 75.3 cm³/mol. The number of hydrogen-bond acceptors (Lipinski definition) is 2. The highest BCUT2D eigenvalue weighted by atomic mass is 16.4. The quantitative estimate of drug-likeness (QED) is 0.417. The van der Waals surface area contributed by atoms with E-state index in [9.17, 15) is 14.7 Å². The summed E-state index contributed by atoms with van der Waals surface area (Å²) in [5.74, 6) is -2.18. The second-order valence-electron chi connectivity index (χ2n) is 4.82. The molecule has 0 aliphatic carbocycles. The maximum Gasteiger partial charge on any atom is 0.314 e. The van der Waals surface area contributed by atoms with E-state index < -0.39 is 11.9 Å². The van der Waals surface area contributed by atoms with Gasteiger partial charge >= 0.3 is 5.97 Å². The molecule has 0 aliphatic rings. The molecule has 0 fully saturated rings. The van der Waals surface area contributed by atoms with Gasteiger partial charge in [-0.1, -0.05) is 69.4 Å². The summed E-state index contributed by atoms with van der Waals surface area (Å²) >= 11 is 0. The summed E-state index contributed by atoms with van der Waals surface area (Å²) in [7, 11) is 0. The van der Waals surface area contributed by atoms with Gasteiger partial charge in [0.1, 0.15) is 5.92 Å². The van der Waals surface area contributed by atoms with Crippen molar-refractivity contribution < 1.29 is 14.7 Å². The van der Waals surface area contributed by atoms with Crippen LogP contribution >= 0.6 is 0 Å². The molecule has 19 heavy (non-hydrogen) atoms. The number of ketones is 1. The molecule has 0 bridgehead atoms. The van der Waals surface area contributed by atoms with Crippen LogP contribution in [-0.2, 0) is 4.79 Å². The van der Waals surface area contributed by atoms with E-state index in [0.29, 0.717) is 12.0 Å². The molecule has 1 unspecified atom stereocenters. The Morgan fingerprint density at radius 2 is 1.68 bits per heavy atom. The van der Waals surface area contributed by atoms with Crippen LogP contribution in [0.2, 0.25) is 0 Å². The minimum atomic E-state index is -1.01. The lowest BCUT2D eigenvalue weighted by Gasteiger charge is -2.11. The molecule has 0 heterocycles. The number of Topliss-reactive ketones (excluding diaryl/α,β-unsaturated/α-hetero) is 1. The molecule has 1 N–H and O–H groups in total. The van der Waals surface area contributed by atoms with Crippen LogP contribution in [-0.4, -0.2) is 16.9 Å². The first-order valence-electron chi connectivity index (χ1n) is 6.99. The first kappa shape index (κ1) is 15.4. The van der Waals surface area contributed by atoms with Crippen LogP contribution in [0.5, 0.6) is 0 Å². The minimum absolute atomic E-state index is 0.274. The summed E-state index contributed by atoms with van der Waals surface area (Å²) in [6.07, 6.45) is 5.68. The van der Waals surface area contributed by atoms with Gasteiger partial charge < -0.3 is 5.11 Å². The highest BCUT2D eigenvalue weighted by Gasteiger charge is 2.26. The zero-order chi connectivity index (χ0) is 14.1. The summed E-state index contributed by atoms with van der Waals surface area (Å²) in [5.41, 5.74) is 0.489. The van der Waals surface area contributed by atoms with Gasteiger partial charge in [-0.15, -0.1) is 0 Å². The minimum Gasteiger partial charge on any atom is -0.481 e. The molecule has 0 aromatic heterocycles. The van der Waals surface area contributed by atoms with E-state index in [1.165, 1.54) is 6.42 Å². The third kappa shape index (κ3) is 5.25. The summed E-state index contributed by atoms with van der Waals surface area (Å²) in [4.78, 5) is 23.3. The average Bonchev–Trinajstić information content (AvgIpc) is 2.43. The number of carbonyl (C=O) groups is 2. The number of aliphatic carboxylic acids is 1. The third-order valence-electron chi connectivity index (χ3n) is 3.27. The molecule has 0 saturated carbocycles. The Balaban J connectivity index is 2.53. The molecule has 3 nitrogen and oxygen atoms in total. The maximum atomic E-state index is 12.1. The van der Waals surface area contributed by atoms with Crippen LogP contribution in [0, 0.1) is 5.92 Å². The molecular formula is C16H22O3. The van der Waals surface area contributed by atoms with Gasteiger partial charge in [0.25, 0.3) is 0 Å². The zero-order valence-corrected chi connectivity index (χ0v) is 11.5. The normalized spacial score (nSPS) is 12.1. The largest absolute Gasteiger partial charge is 0.481 e. The Morgan fingerprint density at radius 1 is 1.05 bits per heavy atom. The molecule has 1 atom stereocenters. The van der Waals surface area contributed by atoms with E-state index in [2.05, 4.69) is 6.92 Å². The van der Waals surface area contributed by atoms with Crippen molar-refractivity contribution in [2.45, 2.75) is 45.4 Å². The number of carboxylic acids is 1. The number of benzene rings is 1. The summed E-state index contributed by atoms with van der Waals surface area (Å²) in [6.45, 7) is 2.14. The Labute approximate surface area is 114 Å². The molecule has 104 valence electrons. The molecule has 0 radical (unpaired) electrons. The van der Waals surface area contributed by atoms with Crippen molar-refractivity contribution in [2.75, 3.05) is 0 Å². The second kappa shape index (κ2) is 8.46. The van der Waals surface area contributed by atoms with Crippen LogP contribution in [0.15, 0.2) is 30.3 Å². The van der Waals surface area contributed by atoms with Crippen molar-refractivity contribution in [3.8, 4) is 0 Å². The highest BCUT2D eigenvalue weighted by Crippen LogP contribution is 2.17. The average molecular weight is 262 g/mol. The molecule has 1 aromatic carbocycles. The molecule has 0 spiro atoms. The molecule has 0 amide bonds. The van der Waals surface area contributed by atoms with Gasteiger partial charge in [-0.05, 0) is 6.42 Å². The first-order valence-corrected chi connectivity index (χ1v) is 6.99. The Hall–Kier alpha value is -1.64. The van der Waals surface area contributed by atoms with E-state index >= 15 is 0 Å². The first-order chi connectivity index (χ1) is 9.16. The molecule has 0 saturated heterocycles. The molecule has 3 heteroatoms. The van der Waals surface area contributed by atoms with Gasteiger partial charge in [0.2, 0.25) is 0 Å². The van der Waals surface area contributed by atoms with E-state index in [1.54, 1.807) is 24.3 Å². The van der Waals surface area contributed by atoms with Crippen LogP contribution in [0.1, 0.15) is 55.8 Å². The summed E-state index contributed by atoms with van der Waals surface area (Å²) < 4.78 is 0. The Bertz CT molecular complexity index is 398. The van der Waals surface area contributed by atoms with Gasteiger partial charge in [0, 0.05) is 5.56 Å². The van der Waals surface area contributed by atoms with Crippen LogP contribution in [0.4, 0.5) is 0 Å². The zero-order valence-electron chi connectivity index (χ0n) is 11.5. The monoisotopic (exact) mass is 262 g/mol. The van der Waals surface area contributed by atoms with Crippen molar-refractivity contribution in [3.05, 3.63) is 35.9 Å². The standard InChI is InChI=1S/C16H22O3/c1-2-3-4-5-9-12-14(16(18)19)15(17)13-10-7-6-8-11-13/h6-8,10-11,14H,2-5,9,12H2,1H3,(H,18,19). The third-order valence-corrected chi connectivity index (χ3v) is 3.27. The number of rotatable bonds is 9. The Kier molecular flexibility index (Phi) is 6.86. The molecule has 0 aliphatic heterocycles. The lowest BCUT2D eigenvalue weighted by Crippen LogP contribution is -2.23. The topological polar surface area (TPSA) is 54.4 Å². The fourth-order valence-electron chi connectivity index (χ4n) is 2.12. The maximum absolute atomic E-state index is 12.1. The number of carbonyl (C=O) groups excluding carboxylic acids is 1. The number of unbranched alkanes of at least 4 members (excludes halogenated alkanes) is 4. The van der Waals surface area contributed by atoms with E-state index in [4.69, 9.17) is 0 Å². The summed E-state index contributed by atoms with van der Waals surface area (Å²) in [5, 5.41) is 9.19. The van der Waals surface area contributed by atoms with E-state index in [0.717, 1.165) is 25.7 Å². The van der Waals surface area contributed by atoms with Gasteiger partial charge in [-0.3, -0.25) is 9.59 Å².